The van der Waals surface area contributed by atoms with E-state index >= 15 is 0 Å². The zero-order chi connectivity index (χ0) is 14.7. The molecule has 0 bridgehead atoms. The maximum absolute atomic E-state index is 13.9. The molecule has 0 N–H and O–H groups in total. The van der Waals surface area contributed by atoms with Crippen molar-refractivity contribution in [2.24, 2.45) is 0 Å². The SMILES string of the molecule is CCCC(c1cc(F)cc(F)c1)c1ccc(F)cc1F. The monoisotopic (exact) mass is 282 g/mol. The molecule has 1 unspecified atom stereocenters. The van der Waals surface area contributed by atoms with Crippen LogP contribution in [0.1, 0.15) is 36.8 Å². The van der Waals surface area contributed by atoms with Crippen LogP contribution in [-0.2, 0) is 0 Å². The largest absolute Gasteiger partial charge is 0.207 e. The molecule has 0 aliphatic heterocycles. The zero-order valence-electron chi connectivity index (χ0n) is 11.0. The van der Waals surface area contributed by atoms with E-state index < -0.39 is 29.2 Å². The van der Waals surface area contributed by atoms with Crippen LogP contribution in [-0.4, -0.2) is 0 Å². The Morgan fingerprint density at radius 2 is 1.50 bits per heavy atom. The number of rotatable bonds is 4. The third-order valence-corrected chi connectivity index (χ3v) is 3.20. The van der Waals surface area contributed by atoms with Gasteiger partial charge in [0.25, 0.3) is 0 Å². The van der Waals surface area contributed by atoms with E-state index in [1.54, 1.807) is 0 Å². The summed E-state index contributed by atoms with van der Waals surface area (Å²) in [5.74, 6) is -3.28. The first-order chi connectivity index (χ1) is 9.51. The number of halogens is 4. The second-order valence-corrected chi connectivity index (χ2v) is 4.71. The normalized spacial score (nSPS) is 12.4. The highest BCUT2D eigenvalue weighted by Crippen LogP contribution is 2.32. The molecular formula is C16H14F4. The molecule has 20 heavy (non-hydrogen) atoms. The molecule has 0 aromatic heterocycles. The Balaban J connectivity index is 2.49. The molecule has 0 heterocycles. The van der Waals surface area contributed by atoms with Crippen molar-refractivity contribution in [2.45, 2.75) is 25.7 Å². The first-order valence-corrected chi connectivity index (χ1v) is 6.42. The van der Waals surface area contributed by atoms with Gasteiger partial charge in [-0.25, -0.2) is 17.6 Å². The van der Waals surface area contributed by atoms with Crippen molar-refractivity contribution in [3.05, 3.63) is 70.8 Å². The van der Waals surface area contributed by atoms with Crippen LogP contribution in [0.15, 0.2) is 36.4 Å². The molecule has 2 aromatic rings. The van der Waals surface area contributed by atoms with Crippen molar-refractivity contribution < 1.29 is 17.6 Å². The van der Waals surface area contributed by atoms with Gasteiger partial charge in [-0.3, -0.25) is 0 Å². The Morgan fingerprint density at radius 3 is 2.05 bits per heavy atom. The van der Waals surface area contributed by atoms with Gasteiger partial charge in [0.05, 0.1) is 0 Å². The number of benzene rings is 2. The van der Waals surface area contributed by atoms with Gasteiger partial charge in [-0.2, -0.15) is 0 Å². The summed E-state index contributed by atoms with van der Waals surface area (Å²) >= 11 is 0. The van der Waals surface area contributed by atoms with Gasteiger partial charge in [-0.15, -0.1) is 0 Å². The van der Waals surface area contributed by atoms with Crippen molar-refractivity contribution in [3.8, 4) is 0 Å². The van der Waals surface area contributed by atoms with Crippen LogP contribution in [0.4, 0.5) is 17.6 Å². The lowest BCUT2D eigenvalue weighted by Crippen LogP contribution is -2.05. The lowest BCUT2D eigenvalue weighted by molar-refractivity contribution is 0.548. The summed E-state index contributed by atoms with van der Waals surface area (Å²) in [5, 5.41) is 0. The fraction of sp³-hybridized carbons (Fsp3) is 0.250. The molecule has 0 aliphatic rings. The van der Waals surface area contributed by atoms with Gasteiger partial charge in [0.1, 0.15) is 23.3 Å². The van der Waals surface area contributed by atoms with Gasteiger partial charge in [-0.1, -0.05) is 19.4 Å². The van der Waals surface area contributed by atoms with E-state index in [1.807, 2.05) is 6.92 Å². The average Bonchev–Trinajstić information content (AvgIpc) is 2.35. The predicted molar refractivity (Wildman–Crippen MR) is 69.5 cm³/mol. The number of hydrogen-bond donors (Lipinski definition) is 0. The summed E-state index contributed by atoms with van der Waals surface area (Å²) in [6, 6.07) is 6.41. The van der Waals surface area contributed by atoms with E-state index in [2.05, 4.69) is 0 Å². The van der Waals surface area contributed by atoms with Gasteiger partial charge in [-0.05, 0) is 35.7 Å². The molecule has 106 valence electrons. The van der Waals surface area contributed by atoms with Crippen molar-refractivity contribution in [1.29, 1.82) is 0 Å². The molecule has 0 saturated heterocycles. The van der Waals surface area contributed by atoms with Crippen molar-refractivity contribution in [1.82, 2.24) is 0 Å². The summed E-state index contributed by atoms with van der Waals surface area (Å²) in [5.41, 5.74) is 0.605. The highest BCUT2D eigenvalue weighted by molar-refractivity contribution is 5.34. The van der Waals surface area contributed by atoms with Crippen molar-refractivity contribution in [3.63, 3.8) is 0 Å². The maximum atomic E-state index is 13.9. The minimum atomic E-state index is -0.705. The van der Waals surface area contributed by atoms with E-state index in [-0.39, 0.29) is 5.56 Å². The predicted octanol–water partition coefficient (Wildman–Crippen LogP) is 5.18. The summed E-state index contributed by atoms with van der Waals surface area (Å²) in [6.07, 6.45) is 1.23. The highest BCUT2D eigenvalue weighted by Gasteiger charge is 2.19. The first kappa shape index (κ1) is 14.6. The van der Waals surface area contributed by atoms with Crippen LogP contribution >= 0.6 is 0 Å². The van der Waals surface area contributed by atoms with Crippen LogP contribution in [0.3, 0.4) is 0 Å². The van der Waals surface area contributed by atoms with Crippen LogP contribution in [0.2, 0.25) is 0 Å². The minimum absolute atomic E-state index is 0.248. The Morgan fingerprint density at radius 1 is 0.850 bits per heavy atom. The molecule has 2 aromatic carbocycles. The molecular weight excluding hydrogens is 268 g/mol. The summed E-state index contributed by atoms with van der Waals surface area (Å²) < 4.78 is 53.5. The molecule has 0 radical (unpaired) electrons. The molecule has 2 rings (SSSR count). The smallest absolute Gasteiger partial charge is 0.129 e. The zero-order valence-corrected chi connectivity index (χ0v) is 11.0. The maximum Gasteiger partial charge on any atom is 0.129 e. The third-order valence-electron chi connectivity index (χ3n) is 3.20. The number of hydrogen-bond acceptors (Lipinski definition) is 0. The van der Waals surface area contributed by atoms with Crippen LogP contribution in [0.5, 0.6) is 0 Å². The molecule has 0 spiro atoms. The molecule has 0 fully saturated rings. The lowest BCUT2D eigenvalue weighted by Gasteiger charge is -2.18. The van der Waals surface area contributed by atoms with E-state index in [0.717, 1.165) is 18.2 Å². The van der Waals surface area contributed by atoms with E-state index in [1.165, 1.54) is 18.2 Å². The molecule has 4 heteroatoms. The lowest BCUT2D eigenvalue weighted by atomic mass is 9.87. The molecule has 1 atom stereocenters. The van der Waals surface area contributed by atoms with Crippen molar-refractivity contribution >= 4 is 0 Å². The summed E-state index contributed by atoms with van der Waals surface area (Å²) in [7, 11) is 0. The van der Waals surface area contributed by atoms with E-state index in [4.69, 9.17) is 0 Å². The Hall–Kier alpha value is -1.84. The highest BCUT2D eigenvalue weighted by atomic mass is 19.1. The van der Waals surface area contributed by atoms with Crippen LogP contribution < -0.4 is 0 Å². The third kappa shape index (κ3) is 3.18. The van der Waals surface area contributed by atoms with Crippen LogP contribution in [0.25, 0.3) is 0 Å². The molecule has 0 nitrogen and oxygen atoms in total. The van der Waals surface area contributed by atoms with Crippen molar-refractivity contribution in [2.75, 3.05) is 0 Å². The van der Waals surface area contributed by atoms with E-state index in [9.17, 15) is 17.6 Å². The summed E-state index contributed by atoms with van der Waals surface area (Å²) in [6.45, 7) is 1.89. The average molecular weight is 282 g/mol. The van der Waals surface area contributed by atoms with E-state index in [0.29, 0.717) is 18.4 Å². The topological polar surface area (TPSA) is 0 Å². The Bertz CT molecular complexity index is 587. The van der Waals surface area contributed by atoms with Gasteiger partial charge >= 0.3 is 0 Å². The Kier molecular flexibility index (Phi) is 4.42. The second-order valence-electron chi connectivity index (χ2n) is 4.71. The second kappa shape index (κ2) is 6.07. The fourth-order valence-corrected chi connectivity index (χ4v) is 2.35. The Labute approximate surface area is 115 Å². The quantitative estimate of drug-likeness (QED) is 0.678. The van der Waals surface area contributed by atoms with Gasteiger partial charge < -0.3 is 0 Å². The molecule has 0 saturated carbocycles. The van der Waals surface area contributed by atoms with Crippen LogP contribution in [0, 0.1) is 23.3 Å². The standard InChI is InChI=1S/C16H14F4/c1-2-3-14(10-6-12(18)8-13(19)7-10)15-5-4-11(17)9-16(15)20/h4-9,14H,2-3H2,1H3. The fourth-order valence-electron chi connectivity index (χ4n) is 2.35. The van der Waals surface area contributed by atoms with Gasteiger partial charge in [0.2, 0.25) is 0 Å². The molecule has 0 aliphatic carbocycles. The summed E-state index contributed by atoms with van der Waals surface area (Å²) in [4.78, 5) is 0. The minimum Gasteiger partial charge on any atom is -0.207 e. The first-order valence-electron chi connectivity index (χ1n) is 6.42. The van der Waals surface area contributed by atoms with Gasteiger partial charge in [0, 0.05) is 18.1 Å². The molecule has 0 amide bonds. The van der Waals surface area contributed by atoms with Gasteiger partial charge in [0.15, 0.2) is 0 Å².